The van der Waals surface area contributed by atoms with Crippen LogP contribution in [0.4, 0.5) is 0 Å². The first-order valence-corrected chi connectivity index (χ1v) is 7.18. The van der Waals surface area contributed by atoms with Gasteiger partial charge in [-0.25, -0.2) is 9.97 Å². The molecule has 1 aliphatic heterocycles. The van der Waals surface area contributed by atoms with Crippen LogP contribution in [-0.4, -0.2) is 41.4 Å². The molecule has 0 bridgehead atoms. The molecular formula is C15H22N2O4. The van der Waals surface area contributed by atoms with Crippen LogP contribution in [0, 0.1) is 13.8 Å². The number of nitrogens with zero attached hydrogens (tertiary/aromatic N) is 2. The second kappa shape index (κ2) is 6.49. The lowest BCUT2D eigenvalue weighted by atomic mass is 9.92. The summed E-state index contributed by atoms with van der Waals surface area (Å²) in [6.45, 7) is 5.07. The van der Waals surface area contributed by atoms with E-state index in [1.54, 1.807) is 7.11 Å². The summed E-state index contributed by atoms with van der Waals surface area (Å²) in [5, 5.41) is 8.82. The molecule has 0 saturated carbocycles. The van der Waals surface area contributed by atoms with E-state index in [1.807, 2.05) is 13.8 Å². The van der Waals surface area contributed by atoms with Crippen molar-refractivity contribution in [3.05, 3.63) is 22.8 Å². The monoisotopic (exact) mass is 294 g/mol. The van der Waals surface area contributed by atoms with E-state index in [9.17, 15) is 4.79 Å². The summed E-state index contributed by atoms with van der Waals surface area (Å²) in [6.07, 6.45) is 2.01. The predicted octanol–water partition coefficient (Wildman–Crippen LogP) is 1.76. The standard InChI is InChI=1S/C15H22N2O4/c1-10-12(4-5-13(18)19)11(2)17-14(16-10)15(20-3)6-8-21-9-7-15/h4-9H2,1-3H3,(H,18,19). The maximum absolute atomic E-state index is 10.7. The summed E-state index contributed by atoms with van der Waals surface area (Å²) in [5.41, 5.74) is 2.10. The molecule has 0 amide bonds. The lowest BCUT2D eigenvalue weighted by Gasteiger charge is -2.34. The van der Waals surface area contributed by atoms with E-state index >= 15 is 0 Å². The maximum Gasteiger partial charge on any atom is 0.303 e. The van der Waals surface area contributed by atoms with Crippen molar-refractivity contribution >= 4 is 5.97 Å². The Morgan fingerprint density at radius 3 is 2.33 bits per heavy atom. The molecule has 0 atom stereocenters. The smallest absolute Gasteiger partial charge is 0.303 e. The number of aryl methyl sites for hydroxylation is 2. The van der Waals surface area contributed by atoms with Gasteiger partial charge in [0.1, 0.15) is 5.60 Å². The highest BCUT2D eigenvalue weighted by molar-refractivity contribution is 5.67. The van der Waals surface area contributed by atoms with E-state index in [0.29, 0.717) is 25.5 Å². The van der Waals surface area contributed by atoms with Crippen molar-refractivity contribution in [1.29, 1.82) is 0 Å². The lowest BCUT2D eigenvalue weighted by Crippen LogP contribution is -2.37. The van der Waals surface area contributed by atoms with Gasteiger partial charge in [0.05, 0.1) is 0 Å². The van der Waals surface area contributed by atoms with Crippen molar-refractivity contribution in [2.75, 3.05) is 20.3 Å². The van der Waals surface area contributed by atoms with Gasteiger partial charge >= 0.3 is 5.97 Å². The van der Waals surface area contributed by atoms with E-state index in [1.165, 1.54) is 0 Å². The van der Waals surface area contributed by atoms with Gasteiger partial charge in [0, 0.05) is 51.0 Å². The van der Waals surface area contributed by atoms with Gasteiger partial charge in [0.15, 0.2) is 5.82 Å². The van der Waals surface area contributed by atoms with Gasteiger partial charge in [-0.3, -0.25) is 4.79 Å². The molecule has 6 nitrogen and oxygen atoms in total. The van der Waals surface area contributed by atoms with Gasteiger partial charge in [-0.1, -0.05) is 0 Å². The van der Waals surface area contributed by atoms with E-state index in [2.05, 4.69) is 9.97 Å². The van der Waals surface area contributed by atoms with Gasteiger partial charge in [-0.05, 0) is 25.8 Å². The van der Waals surface area contributed by atoms with Crippen molar-refractivity contribution < 1.29 is 19.4 Å². The number of ether oxygens (including phenoxy) is 2. The summed E-state index contributed by atoms with van der Waals surface area (Å²) < 4.78 is 11.1. The van der Waals surface area contributed by atoms with E-state index in [-0.39, 0.29) is 6.42 Å². The van der Waals surface area contributed by atoms with Crippen LogP contribution in [-0.2, 0) is 26.3 Å². The molecule has 1 aliphatic rings. The number of hydrogen-bond donors (Lipinski definition) is 1. The third-order valence-corrected chi connectivity index (χ3v) is 4.11. The normalized spacial score (nSPS) is 17.7. The molecule has 0 unspecified atom stereocenters. The minimum absolute atomic E-state index is 0.0909. The van der Waals surface area contributed by atoms with Crippen LogP contribution in [0.5, 0.6) is 0 Å². The van der Waals surface area contributed by atoms with E-state index < -0.39 is 11.6 Å². The largest absolute Gasteiger partial charge is 0.481 e. The summed E-state index contributed by atoms with van der Waals surface area (Å²) in [6, 6.07) is 0. The molecule has 1 saturated heterocycles. The molecule has 116 valence electrons. The zero-order valence-corrected chi connectivity index (χ0v) is 12.8. The minimum Gasteiger partial charge on any atom is -0.481 e. The quantitative estimate of drug-likeness (QED) is 0.891. The molecule has 0 aromatic carbocycles. The first kappa shape index (κ1) is 15.9. The SMILES string of the molecule is COC1(c2nc(C)c(CCC(=O)O)c(C)n2)CCOCC1. The average Bonchev–Trinajstić information content (AvgIpc) is 2.46. The Labute approximate surface area is 124 Å². The van der Waals surface area contributed by atoms with Crippen molar-refractivity contribution in [3.63, 3.8) is 0 Å². The lowest BCUT2D eigenvalue weighted by molar-refractivity contribution is -0.136. The molecule has 1 fully saturated rings. The van der Waals surface area contributed by atoms with Crippen molar-refractivity contribution in [3.8, 4) is 0 Å². The molecule has 1 N–H and O–H groups in total. The topological polar surface area (TPSA) is 81.5 Å². The Bertz CT molecular complexity index is 501. The molecule has 21 heavy (non-hydrogen) atoms. The number of methoxy groups -OCH3 is 1. The first-order valence-electron chi connectivity index (χ1n) is 7.18. The number of carboxylic acid groups (broad SMARTS) is 1. The molecule has 2 heterocycles. The molecule has 0 spiro atoms. The molecule has 2 rings (SSSR count). The molecule has 6 heteroatoms. The number of carboxylic acids is 1. The van der Waals surface area contributed by atoms with Crippen LogP contribution in [0.15, 0.2) is 0 Å². The summed E-state index contributed by atoms with van der Waals surface area (Å²) >= 11 is 0. The van der Waals surface area contributed by atoms with Crippen LogP contribution in [0.1, 0.15) is 42.0 Å². The van der Waals surface area contributed by atoms with Crippen LogP contribution in [0.3, 0.4) is 0 Å². The summed E-state index contributed by atoms with van der Waals surface area (Å²) in [7, 11) is 1.68. The van der Waals surface area contributed by atoms with Gasteiger partial charge in [0.25, 0.3) is 0 Å². The average molecular weight is 294 g/mol. The summed E-state index contributed by atoms with van der Waals surface area (Å²) in [5.74, 6) is -0.127. The summed E-state index contributed by atoms with van der Waals surface area (Å²) in [4.78, 5) is 19.9. The van der Waals surface area contributed by atoms with Crippen molar-refractivity contribution in [2.24, 2.45) is 0 Å². The Morgan fingerprint density at radius 2 is 1.86 bits per heavy atom. The van der Waals surface area contributed by atoms with E-state index in [4.69, 9.17) is 14.6 Å². The zero-order valence-electron chi connectivity index (χ0n) is 12.8. The molecular weight excluding hydrogens is 272 g/mol. The molecule has 1 aromatic heterocycles. The molecule has 0 radical (unpaired) electrons. The van der Waals surface area contributed by atoms with Crippen molar-refractivity contribution in [1.82, 2.24) is 9.97 Å². The number of rotatable bonds is 5. The number of aliphatic carboxylic acids is 1. The molecule has 1 aromatic rings. The van der Waals surface area contributed by atoms with E-state index in [0.717, 1.165) is 29.8 Å². The molecule has 0 aliphatic carbocycles. The van der Waals surface area contributed by atoms with Crippen molar-refractivity contribution in [2.45, 2.75) is 45.1 Å². The Morgan fingerprint density at radius 1 is 1.29 bits per heavy atom. The number of hydrogen-bond acceptors (Lipinski definition) is 5. The van der Waals surface area contributed by atoms with Gasteiger partial charge in [-0.15, -0.1) is 0 Å². The predicted molar refractivity (Wildman–Crippen MR) is 76.2 cm³/mol. The first-order chi connectivity index (χ1) is 9.98. The number of aromatic nitrogens is 2. The van der Waals surface area contributed by atoms with Crippen LogP contribution < -0.4 is 0 Å². The highest BCUT2D eigenvalue weighted by atomic mass is 16.5. The Hall–Kier alpha value is -1.53. The highest BCUT2D eigenvalue weighted by Gasteiger charge is 2.38. The number of carbonyl (C=O) groups is 1. The Kier molecular flexibility index (Phi) is 4.90. The third kappa shape index (κ3) is 3.39. The second-order valence-electron chi connectivity index (χ2n) is 5.40. The highest BCUT2D eigenvalue weighted by Crippen LogP contribution is 2.34. The second-order valence-corrected chi connectivity index (χ2v) is 5.40. The fourth-order valence-corrected chi connectivity index (χ4v) is 2.76. The maximum atomic E-state index is 10.7. The van der Waals surface area contributed by atoms with Crippen LogP contribution in [0.2, 0.25) is 0 Å². The van der Waals surface area contributed by atoms with Gasteiger partial charge in [0.2, 0.25) is 0 Å². The van der Waals surface area contributed by atoms with Crippen LogP contribution >= 0.6 is 0 Å². The van der Waals surface area contributed by atoms with Gasteiger partial charge in [-0.2, -0.15) is 0 Å². The fraction of sp³-hybridized carbons (Fsp3) is 0.667. The Balaban J connectivity index is 2.31. The fourth-order valence-electron chi connectivity index (χ4n) is 2.76. The minimum atomic E-state index is -0.810. The third-order valence-electron chi connectivity index (χ3n) is 4.11. The van der Waals surface area contributed by atoms with Gasteiger partial charge < -0.3 is 14.6 Å². The van der Waals surface area contributed by atoms with Crippen LogP contribution in [0.25, 0.3) is 0 Å². The zero-order chi connectivity index (χ0) is 15.5.